The zero-order valence-electron chi connectivity index (χ0n) is 10.8. The molecular weight excluding hydrogens is 301 g/mol. The van der Waals surface area contributed by atoms with Crippen molar-refractivity contribution in [3.63, 3.8) is 0 Å². The van der Waals surface area contributed by atoms with Gasteiger partial charge in [-0.15, -0.1) is 0 Å². The van der Waals surface area contributed by atoms with Gasteiger partial charge in [-0.25, -0.2) is 4.79 Å². The number of anilines is 1. The number of aromatic carboxylic acids is 1. The zero-order valence-corrected chi connectivity index (χ0v) is 12.3. The van der Waals surface area contributed by atoms with Gasteiger partial charge >= 0.3 is 5.97 Å². The van der Waals surface area contributed by atoms with E-state index < -0.39 is 5.97 Å². The maximum atomic E-state index is 12.2. The molecule has 1 aromatic rings. The molecule has 1 saturated carbocycles. The number of carboxylic acids is 1. The Morgan fingerprint density at radius 1 is 1.10 bits per heavy atom. The third kappa shape index (κ3) is 3.25. The molecular formula is C14H15Cl2NO3. The highest BCUT2D eigenvalue weighted by Crippen LogP contribution is 2.33. The van der Waals surface area contributed by atoms with E-state index in [2.05, 4.69) is 5.32 Å². The molecule has 0 aromatic heterocycles. The summed E-state index contributed by atoms with van der Waals surface area (Å²) >= 11 is 11.9. The molecule has 4 nitrogen and oxygen atoms in total. The van der Waals surface area contributed by atoms with Gasteiger partial charge in [0, 0.05) is 5.92 Å². The Morgan fingerprint density at radius 3 is 2.30 bits per heavy atom. The van der Waals surface area contributed by atoms with Crippen LogP contribution in [0.2, 0.25) is 10.0 Å². The second-order valence-electron chi connectivity index (χ2n) is 4.91. The van der Waals surface area contributed by atoms with E-state index in [0.29, 0.717) is 0 Å². The van der Waals surface area contributed by atoms with Crippen molar-refractivity contribution in [1.29, 1.82) is 0 Å². The fourth-order valence-electron chi connectivity index (χ4n) is 2.47. The number of amides is 1. The lowest BCUT2D eigenvalue weighted by molar-refractivity contribution is -0.120. The topological polar surface area (TPSA) is 66.4 Å². The molecule has 1 aliphatic carbocycles. The van der Waals surface area contributed by atoms with Crippen LogP contribution in [0.1, 0.15) is 42.5 Å². The van der Waals surface area contributed by atoms with E-state index in [1.165, 1.54) is 12.1 Å². The van der Waals surface area contributed by atoms with E-state index in [4.69, 9.17) is 23.2 Å². The molecule has 1 aromatic carbocycles. The quantitative estimate of drug-likeness (QED) is 0.878. The molecule has 0 spiro atoms. The van der Waals surface area contributed by atoms with E-state index >= 15 is 0 Å². The molecule has 6 heteroatoms. The Kier molecular flexibility index (Phi) is 4.89. The number of hydrogen-bond acceptors (Lipinski definition) is 2. The second kappa shape index (κ2) is 6.46. The van der Waals surface area contributed by atoms with Crippen molar-refractivity contribution in [2.45, 2.75) is 32.1 Å². The van der Waals surface area contributed by atoms with E-state index in [1.54, 1.807) is 0 Å². The van der Waals surface area contributed by atoms with Gasteiger partial charge in [0.15, 0.2) is 0 Å². The van der Waals surface area contributed by atoms with Crippen molar-refractivity contribution in [3.05, 3.63) is 27.7 Å². The SMILES string of the molecule is O=C(O)c1c(Cl)ccc(Cl)c1NC(=O)C1CCCCC1. The Hall–Kier alpha value is -1.26. The van der Waals surface area contributed by atoms with Crippen LogP contribution in [-0.4, -0.2) is 17.0 Å². The van der Waals surface area contributed by atoms with E-state index in [0.717, 1.165) is 32.1 Å². The first-order valence-electron chi connectivity index (χ1n) is 6.53. The summed E-state index contributed by atoms with van der Waals surface area (Å²) in [5, 5.41) is 12.1. The highest BCUT2D eigenvalue weighted by molar-refractivity contribution is 6.38. The van der Waals surface area contributed by atoms with Crippen molar-refractivity contribution in [2.24, 2.45) is 5.92 Å². The fourth-order valence-corrected chi connectivity index (χ4v) is 2.92. The Labute approximate surface area is 127 Å². The summed E-state index contributed by atoms with van der Waals surface area (Å²) in [6, 6.07) is 2.89. The molecule has 0 atom stereocenters. The first-order chi connectivity index (χ1) is 9.50. The molecule has 1 fully saturated rings. The lowest BCUT2D eigenvalue weighted by Gasteiger charge is -2.21. The third-order valence-electron chi connectivity index (χ3n) is 3.54. The van der Waals surface area contributed by atoms with Crippen molar-refractivity contribution in [2.75, 3.05) is 5.32 Å². The number of carbonyl (C=O) groups excluding carboxylic acids is 1. The van der Waals surface area contributed by atoms with Gasteiger partial charge in [0.1, 0.15) is 5.56 Å². The van der Waals surface area contributed by atoms with Gasteiger partial charge in [-0.2, -0.15) is 0 Å². The standard InChI is InChI=1S/C14H15Cl2NO3/c15-9-6-7-10(16)12(11(9)14(19)20)17-13(18)8-4-2-1-3-5-8/h6-8H,1-5H2,(H,17,18)(H,19,20). The molecule has 1 amide bonds. The van der Waals surface area contributed by atoms with Crippen molar-refractivity contribution in [3.8, 4) is 0 Å². The number of carboxylic acid groups (broad SMARTS) is 1. The highest BCUT2D eigenvalue weighted by atomic mass is 35.5. The summed E-state index contributed by atoms with van der Waals surface area (Å²) < 4.78 is 0. The first-order valence-corrected chi connectivity index (χ1v) is 7.28. The van der Waals surface area contributed by atoms with Gasteiger partial charge < -0.3 is 10.4 Å². The minimum atomic E-state index is -1.21. The van der Waals surface area contributed by atoms with Crippen molar-refractivity contribution in [1.82, 2.24) is 0 Å². The molecule has 2 N–H and O–H groups in total. The monoisotopic (exact) mass is 315 g/mol. The Morgan fingerprint density at radius 2 is 1.70 bits per heavy atom. The van der Waals surface area contributed by atoms with Gasteiger partial charge in [0.05, 0.1) is 15.7 Å². The predicted molar refractivity (Wildman–Crippen MR) is 78.6 cm³/mol. The molecule has 2 rings (SSSR count). The second-order valence-corrected chi connectivity index (χ2v) is 5.72. The molecule has 1 aliphatic rings. The maximum Gasteiger partial charge on any atom is 0.339 e. The Bertz CT molecular complexity index is 539. The van der Waals surface area contributed by atoms with Crippen LogP contribution in [0, 0.1) is 5.92 Å². The van der Waals surface area contributed by atoms with Gasteiger partial charge in [-0.1, -0.05) is 42.5 Å². The molecule has 0 unspecified atom stereocenters. The van der Waals surface area contributed by atoms with E-state index in [9.17, 15) is 14.7 Å². The van der Waals surface area contributed by atoms with Crippen molar-refractivity contribution < 1.29 is 14.7 Å². The van der Waals surface area contributed by atoms with E-state index in [1.807, 2.05) is 0 Å². The number of rotatable bonds is 3. The molecule has 20 heavy (non-hydrogen) atoms. The third-order valence-corrected chi connectivity index (χ3v) is 4.17. The number of hydrogen-bond donors (Lipinski definition) is 2. The summed E-state index contributed by atoms with van der Waals surface area (Å²) in [5.41, 5.74) is -0.0782. The normalized spacial score (nSPS) is 15.9. The average Bonchev–Trinajstić information content (AvgIpc) is 2.43. The number of halogens is 2. The minimum Gasteiger partial charge on any atom is -0.478 e. The van der Waals surface area contributed by atoms with Gasteiger partial charge in [-0.3, -0.25) is 4.79 Å². The fraction of sp³-hybridized carbons (Fsp3) is 0.429. The van der Waals surface area contributed by atoms with Crippen LogP contribution in [0.15, 0.2) is 12.1 Å². The van der Waals surface area contributed by atoms with Gasteiger partial charge in [0.25, 0.3) is 0 Å². The molecule has 0 heterocycles. The van der Waals surface area contributed by atoms with Crippen LogP contribution in [0.4, 0.5) is 5.69 Å². The molecule has 0 bridgehead atoms. The predicted octanol–water partition coefficient (Wildman–Crippen LogP) is 4.21. The molecule has 108 valence electrons. The molecule has 0 radical (unpaired) electrons. The maximum absolute atomic E-state index is 12.2. The van der Waals surface area contributed by atoms with Crippen LogP contribution in [0.5, 0.6) is 0 Å². The summed E-state index contributed by atoms with van der Waals surface area (Å²) in [6.45, 7) is 0. The largest absolute Gasteiger partial charge is 0.478 e. The van der Waals surface area contributed by atoms with Crippen LogP contribution in [0.3, 0.4) is 0 Å². The summed E-state index contributed by atoms with van der Waals surface area (Å²) in [6.07, 6.45) is 4.83. The summed E-state index contributed by atoms with van der Waals surface area (Å²) in [4.78, 5) is 23.5. The van der Waals surface area contributed by atoms with Crippen molar-refractivity contribution >= 4 is 40.8 Å². The lowest BCUT2D eigenvalue weighted by atomic mass is 9.88. The van der Waals surface area contributed by atoms with E-state index in [-0.39, 0.29) is 33.1 Å². The first kappa shape index (κ1) is 15.1. The highest BCUT2D eigenvalue weighted by Gasteiger charge is 2.25. The van der Waals surface area contributed by atoms with Crippen LogP contribution >= 0.6 is 23.2 Å². The van der Waals surface area contributed by atoms with Crippen LogP contribution < -0.4 is 5.32 Å². The van der Waals surface area contributed by atoms with Crippen LogP contribution in [-0.2, 0) is 4.79 Å². The minimum absolute atomic E-state index is 0.0563. The van der Waals surface area contributed by atoms with Gasteiger partial charge in [-0.05, 0) is 25.0 Å². The summed E-state index contributed by atoms with van der Waals surface area (Å²) in [5.74, 6) is -1.48. The zero-order chi connectivity index (χ0) is 14.7. The molecule has 0 aliphatic heterocycles. The number of benzene rings is 1. The van der Waals surface area contributed by atoms with Gasteiger partial charge in [0.2, 0.25) is 5.91 Å². The molecule has 0 saturated heterocycles. The average molecular weight is 316 g/mol. The van der Waals surface area contributed by atoms with Crippen LogP contribution in [0.25, 0.3) is 0 Å². The Balaban J connectivity index is 2.26. The number of nitrogens with one attached hydrogen (secondary N) is 1. The lowest BCUT2D eigenvalue weighted by Crippen LogP contribution is -2.25. The summed E-state index contributed by atoms with van der Waals surface area (Å²) in [7, 11) is 0. The smallest absolute Gasteiger partial charge is 0.339 e. The number of carbonyl (C=O) groups is 2.